The van der Waals surface area contributed by atoms with Crippen molar-refractivity contribution in [3.05, 3.63) is 35.4 Å². The second-order valence-electron chi connectivity index (χ2n) is 6.23. The zero-order chi connectivity index (χ0) is 16.4. The minimum absolute atomic E-state index is 0.0254. The van der Waals surface area contributed by atoms with E-state index in [4.69, 9.17) is 9.84 Å². The Balaban J connectivity index is 1.71. The summed E-state index contributed by atoms with van der Waals surface area (Å²) in [6.45, 7) is 1.26. The Bertz CT molecular complexity index is 540. The maximum Gasteiger partial charge on any atom is 0.253 e. The first-order valence-corrected chi connectivity index (χ1v) is 8.13. The number of piperidine rings is 1. The quantitative estimate of drug-likeness (QED) is 0.753. The van der Waals surface area contributed by atoms with Gasteiger partial charge in [-0.1, -0.05) is 12.1 Å². The fraction of sp³-hybridized carbons (Fsp3) is 0.588. The number of hydrogen-bond acceptors (Lipinski definition) is 5. The van der Waals surface area contributed by atoms with Gasteiger partial charge in [-0.2, -0.15) is 0 Å². The van der Waals surface area contributed by atoms with E-state index in [0.717, 1.165) is 25.9 Å². The largest absolute Gasteiger partial charge is 0.394 e. The van der Waals surface area contributed by atoms with E-state index in [1.807, 2.05) is 4.90 Å². The van der Waals surface area contributed by atoms with Crippen molar-refractivity contribution in [2.75, 3.05) is 19.7 Å². The summed E-state index contributed by atoms with van der Waals surface area (Å²) in [5.74, 6) is 0.0254. The molecule has 2 aliphatic rings. The van der Waals surface area contributed by atoms with Crippen LogP contribution in [0.1, 0.15) is 41.3 Å². The molecular formula is C17H23NO5. The van der Waals surface area contributed by atoms with Crippen molar-refractivity contribution in [1.29, 1.82) is 0 Å². The van der Waals surface area contributed by atoms with Crippen LogP contribution in [0.25, 0.3) is 0 Å². The molecule has 2 aliphatic heterocycles. The van der Waals surface area contributed by atoms with Gasteiger partial charge >= 0.3 is 0 Å². The molecule has 1 amide bonds. The van der Waals surface area contributed by atoms with Gasteiger partial charge in [0.05, 0.1) is 6.61 Å². The first kappa shape index (κ1) is 16.4. The number of aliphatic hydroxyl groups is 3. The number of likely N-dealkylation sites (tertiary alicyclic amines) is 1. The molecule has 2 fully saturated rings. The van der Waals surface area contributed by atoms with Gasteiger partial charge in [0.2, 0.25) is 0 Å². The van der Waals surface area contributed by atoms with Crippen LogP contribution in [0.4, 0.5) is 0 Å². The Morgan fingerprint density at radius 3 is 2.30 bits per heavy atom. The number of carbonyl (C=O) groups is 1. The summed E-state index contributed by atoms with van der Waals surface area (Å²) in [5.41, 5.74) is 1.30. The summed E-state index contributed by atoms with van der Waals surface area (Å²) in [5, 5.41) is 29.0. The number of benzene rings is 1. The Kier molecular flexibility index (Phi) is 4.96. The highest BCUT2D eigenvalue weighted by Gasteiger charge is 2.42. The third kappa shape index (κ3) is 3.26. The van der Waals surface area contributed by atoms with Crippen LogP contribution in [0.5, 0.6) is 0 Å². The van der Waals surface area contributed by atoms with Gasteiger partial charge in [0, 0.05) is 18.7 Å². The van der Waals surface area contributed by atoms with Crippen LogP contribution in [-0.2, 0) is 4.74 Å². The smallest absolute Gasteiger partial charge is 0.253 e. The summed E-state index contributed by atoms with van der Waals surface area (Å²) >= 11 is 0. The molecule has 0 spiro atoms. The maximum absolute atomic E-state index is 12.4. The molecule has 6 heteroatoms. The van der Waals surface area contributed by atoms with Gasteiger partial charge in [0.15, 0.2) is 0 Å². The normalized spacial score (nSPS) is 31.3. The monoisotopic (exact) mass is 321 g/mol. The van der Waals surface area contributed by atoms with Gasteiger partial charge in [0.1, 0.15) is 24.4 Å². The lowest BCUT2D eigenvalue weighted by molar-refractivity contribution is -0.0227. The first-order chi connectivity index (χ1) is 11.1. The third-order valence-corrected chi connectivity index (χ3v) is 4.67. The summed E-state index contributed by atoms with van der Waals surface area (Å²) in [6.07, 6.45) is -0.409. The minimum Gasteiger partial charge on any atom is -0.394 e. The Hall–Kier alpha value is -1.47. The molecule has 1 aromatic rings. The third-order valence-electron chi connectivity index (χ3n) is 4.67. The van der Waals surface area contributed by atoms with Gasteiger partial charge < -0.3 is 25.0 Å². The zero-order valence-electron chi connectivity index (χ0n) is 13.0. The molecular weight excluding hydrogens is 298 g/mol. The van der Waals surface area contributed by atoms with Crippen molar-refractivity contribution < 1.29 is 24.9 Å². The number of nitrogens with zero attached hydrogens (tertiary/aromatic N) is 1. The molecule has 2 saturated heterocycles. The summed E-state index contributed by atoms with van der Waals surface area (Å²) in [4.78, 5) is 14.3. The van der Waals surface area contributed by atoms with E-state index in [1.54, 1.807) is 24.3 Å². The lowest BCUT2D eigenvalue weighted by atomic mass is 10.00. The molecule has 23 heavy (non-hydrogen) atoms. The average molecular weight is 321 g/mol. The molecule has 0 saturated carbocycles. The van der Waals surface area contributed by atoms with E-state index in [1.165, 1.54) is 6.42 Å². The number of rotatable bonds is 3. The number of hydrogen-bond donors (Lipinski definition) is 3. The Morgan fingerprint density at radius 2 is 1.74 bits per heavy atom. The van der Waals surface area contributed by atoms with Crippen LogP contribution >= 0.6 is 0 Å². The molecule has 0 bridgehead atoms. The van der Waals surface area contributed by atoms with Gasteiger partial charge in [-0.3, -0.25) is 4.79 Å². The second-order valence-corrected chi connectivity index (χ2v) is 6.23. The van der Waals surface area contributed by atoms with Gasteiger partial charge in [-0.05, 0) is 37.0 Å². The Labute approximate surface area is 135 Å². The number of amides is 1. The summed E-state index contributed by atoms with van der Waals surface area (Å²) in [6, 6.07) is 6.91. The number of carbonyl (C=O) groups excluding carboxylic acids is 1. The fourth-order valence-corrected chi connectivity index (χ4v) is 3.27. The fourth-order valence-electron chi connectivity index (χ4n) is 3.27. The van der Waals surface area contributed by atoms with E-state index < -0.39 is 24.4 Å². The molecule has 3 N–H and O–H groups in total. The number of aliphatic hydroxyl groups excluding tert-OH is 3. The molecule has 2 heterocycles. The van der Waals surface area contributed by atoms with Crippen LogP contribution in [0.3, 0.4) is 0 Å². The lowest BCUT2D eigenvalue weighted by Crippen LogP contribution is -2.35. The highest BCUT2D eigenvalue weighted by molar-refractivity contribution is 5.94. The maximum atomic E-state index is 12.4. The van der Waals surface area contributed by atoms with E-state index >= 15 is 0 Å². The lowest BCUT2D eigenvalue weighted by Gasteiger charge is -2.26. The minimum atomic E-state index is -1.11. The van der Waals surface area contributed by atoms with Crippen molar-refractivity contribution >= 4 is 5.91 Å². The van der Waals surface area contributed by atoms with Crippen molar-refractivity contribution in [3.63, 3.8) is 0 Å². The van der Waals surface area contributed by atoms with E-state index in [0.29, 0.717) is 11.1 Å². The highest BCUT2D eigenvalue weighted by atomic mass is 16.6. The second kappa shape index (κ2) is 6.97. The molecule has 0 aliphatic carbocycles. The molecule has 0 radical (unpaired) electrons. The summed E-state index contributed by atoms with van der Waals surface area (Å²) < 4.78 is 5.49. The molecule has 126 valence electrons. The first-order valence-electron chi connectivity index (χ1n) is 8.13. The van der Waals surface area contributed by atoms with Crippen molar-refractivity contribution in [2.45, 2.75) is 43.7 Å². The van der Waals surface area contributed by atoms with E-state index in [9.17, 15) is 15.0 Å². The predicted octanol–water partition coefficient (Wildman–Crippen LogP) is 0.467. The van der Waals surface area contributed by atoms with Gasteiger partial charge in [-0.25, -0.2) is 0 Å². The SMILES string of the molecule is O=C(c1ccc([C@@H]2O[C@H](CO)[C@@H](O)[C@H]2O)cc1)N1CCCCC1. The standard InChI is InChI=1S/C17H23NO5/c19-10-13-14(20)15(21)16(23-13)11-4-6-12(7-5-11)17(22)18-8-2-1-3-9-18/h4-7,13-16,19-21H,1-3,8-10H2/t13-,14-,15-,16+/m1/s1. The molecule has 3 rings (SSSR count). The van der Waals surface area contributed by atoms with Crippen LogP contribution in [0.2, 0.25) is 0 Å². The molecule has 0 aromatic heterocycles. The zero-order valence-corrected chi connectivity index (χ0v) is 13.0. The van der Waals surface area contributed by atoms with Crippen molar-refractivity contribution in [3.8, 4) is 0 Å². The van der Waals surface area contributed by atoms with Crippen LogP contribution in [0.15, 0.2) is 24.3 Å². The van der Waals surface area contributed by atoms with E-state index in [-0.39, 0.29) is 12.5 Å². The van der Waals surface area contributed by atoms with Crippen LogP contribution in [0, 0.1) is 0 Å². The van der Waals surface area contributed by atoms with E-state index in [2.05, 4.69) is 0 Å². The van der Waals surface area contributed by atoms with Crippen molar-refractivity contribution in [1.82, 2.24) is 4.90 Å². The van der Waals surface area contributed by atoms with Crippen LogP contribution in [-0.4, -0.2) is 64.1 Å². The Morgan fingerprint density at radius 1 is 1.09 bits per heavy atom. The highest BCUT2D eigenvalue weighted by Crippen LogP contribution is 2.33. The molecule has 1 aromatic carbocycles. The number of ether oxygens (including phenoxy) is 1. The topological polar surface area (TPSA) is 90.2 Å². The van der Waals surface area contributed by atoms with Gasteiger partial charge in [-0.15, -0.1) is 0 Å². The van der Waals surface area contributed by atoms with Crippen molar-refractivity contribution in [2.24, 2.45) is 0 Å². The predicted molar refractivity (Wildman–Crippen MR) is 82.9 cm³/mol. The summed E-state index contributed by atoms with van der Waals surface area (Å²) in [7, 11) is 0. The molecule has 0 unspecified atom stereocenters. The molecule has 4 atom stereocenters. The average Bonchev–Trinajstić information content (AvgIpc) is 2.90. The van der Waals surface area contributed by atoms with Gasteiger partial charge in [0.25, 0.3) is 5.91 Å². The molecule has 6 nitrogen and oxygen atoms in total. The van der Waals surface area contributed by atoms with Crippen LogP contribution < -0.4 is 0 Å².